The fourth-order valence-electron chi connectivity index (χ4n) is 1.84. The van der Waals surface area contributed by atoms with E-state index < -0.39 is 18.3 Å². The van der Waals surface area contributed by atoms with Crippen molar-refractivity contribution in [2.45, 2.75) is 25.1 Å². The number of alkyl halides is 3. The minimum Gasteiger partial charge on any atom is -0.493 e. The van der Waals surface area contributed by atoms with Gasteiger partial charge in [-0.15, -0.1) is 0 Å². The highest BCUT2D eigenvalue weighted by Crippen LogP contribution is 2.29. The highest BCUT2D eigenvalue weighted by atomic mass is 19.4. The van der Waals surface area contributed by atoms with Crippen LogP contribution in [0, 0.1) is 11.3 Å². The largest absolute Gasteiger partial charge is 0.493 e. The Hall–Kier alpha value is -1.94. The summed E-state index contributed by atoms with van der Waals surface area (Å²) in [5, 5.41) is 11.4. The van der Waals surface area contributed by atoms with E-state index in [-0.39, 0.29) is 6.42 Å². The Balaban J connectivity index is 2.89. The predicted molar refractivity (Wildman–Crippen MR) is 71.3 cm³/mol. The maximum atomic E-state index is 12.3. The summed E-state index contributed by atoms with van der Waals surface area (Å²) in [7, 11) is 2.95. The summed E-state index contributed by atoms with van der Waals surface area (Å²) in [6, 6.07) is 6.86. The number of nitrogens with zero attached hydrogens (tertiary/aromatic N) is 1. The van der Waals surface area contributed by atoms with Gasteiger partial charge in [0.15, 0.2) is 11.5 Å². The summed E-state index contributed by atoms with van der Waals surface area (Å²) in [5.41, 5.74) is -0.652. The van der Waals surface area contributed by atoms with Gasteiger partial charge < -0.3 is 9.47 Å². The lowest BCUT2D eigenvalue weighted by atomic mass is 9.94. The number of nitriles is 1. The number of ether oxygens (including phenoxy) is 2. The van der Waals surface area contributed by atoms with Gasteiger partial charge in [-0.25, -0.2) is 0 Å². The number of hydrogen-bond acceptors (Lipinski definition) is 4. The number of methoxy groups -OCH3 is 2. The molecule has 0 saturated carbocycles. The normalized spacial score (nSPS) is 14.1. The molecule has 1 atom stereocenters. The van der Waals surface area contributed by atoms with Gasteiger partial charge in [-0.05, 0) is 24.6 Å². The van der Waals surface area contributed by atoms with Crippen molar-refractivity contribution < 1.29 is 22.6 Å². The third-order valence-electron chi connectivity index (χ3n) is 2.93. The van der Waals surface area contributed by atoms with Crippen LogP contribution in [0.15, 0.2) is 18.2 Å². The fourth-order valence-corrected chi connectivity index (χ4v) is 1.84. The molecule has 0 aromatic heterocycles. The Morgan fingerprint density at radius 1 is 1.19 bits per heavy atom. The molecule has 21 heavy (non-hydrogen) atoms. The Labute approximate surface area is 121 Å². The molecule has 1 rings (SSSR count). The second-order valence-corrected chi connectivity index (χ2v) is 4.78. The molecule has 0 aliphatic rings. The third kappa shape index (κ3) is 5.16. The van der Waals surface area contributed by atoms with Crippen LogP contribution in [0.4, 0.5) is 13.2 Å². The first kappa shape index (κ1) is 17.1. The smallest absolute Gasteiger partial charge is 0.401 e. The lowest BCUT2D eigenvalue weighted by Crippen LogP contribution is -2.47. The van der Waals surface area contributed by atoms with Crippen LogP contribution in [0.25, 0.3) is 0 Å². The average molecular weight is 302 g/mol. The van der Waals surface area contributed by atoms with E-state index in [0.717, 1.165) is 0 Å². The van der Waals surface area contributed by atoms with Crippen LogP contribution in [0.2, 0.25) is 0 Å². The first-order valence-electron chi connectivity index (χ1n) is 6.17. The fraction of sp³-hybridized carbons (Fsp3) is 0.500. The van der Waals surface area contributed by atoms with Gasteiger partial charge in [0, 0.05) is 6.42 Å². The van der Waals surface area contributed by atoms with Gasteiger partial charge in [-0.1, -0.05) is 6.07 Å². The second-order valence-electron chi connectivity index (χ2n) is 4.78. The van der Waals surface area contributed by atoms with Gasteiger partial charge in [0.25, 0.3) is 0 Å². The van der Waals surface area contributed by atoms with E-state index in [1.807, 2.05) is 6.07 Å². The number of hydrogen-bond donors (Lipinski definition) is 1. The highest BCUT2D eigenvalue weighted by molar-refractivity contribution is 5.43. The van der Waals surface area contributed by atoms with Crippen molar-refractivity contribution in [3.05, 3.63) is 23.8 Å². The van der Waals surface area contributed by atoms with E-state index in [9.17, 15) is 13.2 Å². The van der Waals surface area contributed by atoms with E-state index in [1.54, 1.807) is 18.2 Å². The van der Waals surface area contributed by atoms with E-state index in [1.165, 1.54) is 21.1 Å². The average Bonchev–Trinajstić information content (AvgIpc) is 2.44. The number of rotatable bonds is 6. The van der Waals surface area contributed by atoms with E-state index in [4.69, 9.17) is 14.7 Å². The molecule has 116 valence electrons. The molecule has 0 spiro atoms. The summed E-state index contributed by atoms with van der Waals surface area (Å²) >= 11 is 0. The summed E-state index contributed by atoms with van der Waals surface area (Å²) in [6.07, 6.45) is -4.25. The number of benzene rings is 1. The van der Waals surface area contributed by atoms with Crippen LogP contribution in [0.5, 0.6) is 11.5 Å². The van der Waals surface area contributed by atoms with Crippen LogP contribution < -0.4 is 14.8 Å². The van der Waals surface area contributed by atoms with Gasteiger partial charge in [-0.3, -0.25) is 5.32 Å². The summed E-state index contributed by atoms with van der Waals surface area (Å²) in [4.78, 5) is 0. The second kappa shape index (κ2) is 6.68. The van der Waals surface area contributed by atoms with Gasteiger partial charge in [-0.2, -0.15) is 18.4 Å². The molecule has 1 aromatic carbocycles. The van der Waals surface area contributed by atoms with Gasteiger partial charge in [0.2, 0.25) is 0 Å². The maximum Gasteiger partial charge on any atom is 0.401 e. The Morgan fingerprint density at radius 3 is 2.29 bits per heavy atom. The van der Waals surface area contributed by atoms with Crippen molar-refractivity contribution in [3.63, 3.8) is 0 Å². The van der Waals surface area contributed by atoms with E-state index in [2.05, 4.69) is 5.32 Å². The van der Waals surface area contributed by atoms with Crippen molar-refractivity contribution in [1.82, 2.24) is 5.32 Å². The van der Waals surface area contributed by atoms with Crippen LogP contribution in [0.1, 0.15) is 12.5 Å². The molecule has 0 aliphatic carbocycles. The molecule has 0 saturated heterocycles. The molecule has 0 heterocycles. The third-order valence-corrected chi connectivity index (χ3v) is 2.93. The van der Waals surface area contributed by atoms with Gasteiger partial charge >= 0.3 is 6.18 Å². The van der Waals surface area contributed by atoms with E-state index in [0.29, 0.717) is 17.1 Å². The predicted octanol–water partition coefficient (Wildman–Crippen LogP) is 2.68. The molecular formula is C14H17F3N2O2. The summed E-state index contributed by atoms with van der Waals surface area (Å²) in [6.45, 7) is 0.208. The summed E-state index contributed by atoms with van der Waals surface area (Å²) in [5.74, 6) is 0.981. The van der Waals surface area contributed by atoms with Crippen molar-refractivity contribution in [1.29, 1.82) is 5.26 Å². The zero-order chi connectivity index (χ0) is 16.1. The molecule has 0 fully saturated rings. The number of nitrogens with one attached hydrogen (secondary N) is 1. The highest BCUT2D eigenvalue weighted by Gasteiger charge is 2.33. The topological polar surface area (TPSA) is 54.3 Å². The maximum absolute atomic E-state index is 12.3. The molecule has 0 bridgehead atoms. The molecule has 1 unspecified atom stereocenters. The lowest BCUT2D eigenvalue weighted by molar-refractivity contribution is -0.127. The molecule has 1 N–H and O–H groups in total. The Morgan fingerprint density at radius 2 is 1.81 bits per heavy atom. The summed E-state index contributed by atoms with van der Waals surface area (Å²) < 4.78 is 47.0. The SMILES string of the molecule is COc1ccc(CC(C)(C#N)NCC(F)(F)F)cc1OC. The van der Waals surface area contributed by atoms with Crippen LogP contribution in [-0.4, -0.2) is 32.5 Å². The zero-order valence-electron chi connectivity index (χ0n) is 12.0. The Bertz CT molecular complexity index is 526. The molecule has 4 nitrogen and oxygen atoms in total. The number of halogens is 3. The van der Waals surface area contributed by atoms with Gasteiger partial charge in [0.1, 0.15) is 5.54 Å². The van der Waals surface area contributed by atoms with Crippen molar-refractivity contribution >= 4 is 0 Å². The molecule has 1 aromatic rings. The molecule has 0 radical (unpaired) electrons. The van der Waals surface area contributed by atoms with Crippen LogP contribution >= 0.6 is 0 Å². The quantitative estimate of drug-likeness (QED) is 0.878. The molecule has 0 aliphatic heterocycles. The van der Waals surface area contributed by atoms with Gasteiger partial charge in [0.05, 0.1) is 26.8 Å². The molecular weight excluding hydrogens is 285 g/mol. The Kier molecular flexibility index (Phi) is 5.44. The first-order chi connectivity index (χ1) is 9.73. The minimum absolute atomic E-state index is 0.111. The lowest BCUT2D eigenvalue weighted by Gasteiger charge is -2.24. The monoisotopic (exact) mass is 302 g/mol. The van der Waals surface area contributed by atoms with Crippen LogP contribution in [-0.2, 0) is 6.42 Å². The van der Waals surface area contributed by atoms with Crippen LogP contribution in [0.3, 0.4) is 0 Å². The first-order valence-corrected chi connectivity index (χ1v) is 6.17. The zero-order valence-corrected chi connectivity index (χ0v) is 12.0. The van der Waals surface area contributed by atoms with E-state index >= 15 is 0 Å². The van der Waals surface area contributed by atoms with Crippen molar-refractivity contribution in [2.24, 2.45) is 0 Å². The molecule has 7 heteroatoms. The van der Waals surface area contributed by atoms with Crippen molar-refractivity contribution in [3.8, 4) is 17.6 Å². The minimum atomic E-state index is -4.37. The standard InChI is InChI=1S/C14H17F3N2O2/c1-13(8-18,19-9-14(15,16)17)7-10-4-5-11(20-2)12(6-10)21-3/h4-6,19H,7,9H2,1-3H3. The van der Waals surface area contributed by atoms with Crippen molar-refractivity contribution in [2.75, 3.05) is 20.8 Å². The molecule has 0 amide bonds.